The van der Waals surface area contributed by atoms with E-state index < -0.39 is 42.3 Å². The summed E-state index contributed by atoms with van der Waals surface area (Å²) in [7, 11) is 0. The Hall–Kier alpha value is -2.69. The van der Waals surface area contributed by atoms with Crippen LogP contribution in [0, 0.1) is 0 Å². The minimum Gasteiger partial charge on any atom is -0.480 e. The van der Waals surface area contributed by atoms with Crippen LogP contribution in [0.4, 0.5) is 0 Å². The Morgan fingerprint density at radius 1 is 1.19 bits per heavy atom. The van der Waals surface area contributed by atoms with Crippen LogP contribution in [0.25, 0.3) is 0 Å². The van der Waals surface area contributed by atoms with E-state index in [0.29, 0.717) is 6.42 Å². The van der Waals surface area contributed by atoms with E-state index in [2.05, 4.69) is 21.3 Å². The summed E-state index contributed by atoms with van der Waals surface area (Å²) in [6.07, 6.45) is 1.30. The van der Waals surface area contributed by atoms with Crippen LogP contribution in [0.1, 0.15) is 32.6 Å². The van der Waals surface area contributed by atoms with Crippen molar-refractivity contribution in [2.24, 2.45) is 5.73 Å². The van der Waals surface area contributed by atoms with E-state index in [1.165, 1.54) is 6.92 Å². The second kappa shape index (κ2) is 10.3. The molecule has 0 aromatic heterocycles. The fourth-order valence-electron chi connectivity index (χ4n) is 2.43. The van der Waals surface area contributed by atoms with Crippen LogP contribution in [0.3, 0.4) is 0 Å². The molecule has 1 fully saturated rings. The summed E-state index contributed by atoms with van der Waals surface area (Å²) in [6, 6.07) is -2.40. The number of primary amides is 1. The van der Waals surface area contributed by atoms with Crippen LogP contribution in [-0.4, -0.2) is 65.9 Å². The monoisotopic (exact) mass is 371 g/mol. The van der Waals surface area contributed by atoms with Gasteiger partial charge in [0.05, 0.1) is 6.04 Å². The molecular formula is C15H25N5O6. The maximum Gasteiger partial charge on any atom is 0.322 e. The highest BCUT2D eigenvalue weighted by Gasteiger charge is 2.28. The first-order valence-electron chi connectivity index (χ1n) is 8.32. The maximum absolute atomic E-state index is 12.2. The highest BCUT2D eigenvalue weighted by atomic mass is 16.4. The van der Waals surface area contributed by atoms with Gasteiger partial charge in [-0.3, -0.25) is 24.0 Å². The molecular weight excluding hydrogens is 346 g/mol. The van der Waals surface area contributed by atoms with Crippen molar-refractivity contribution >= 4 is 29.6 Å². The third-order valence-corrected chi connectivity index (χ3v) is 3.86. The number of carbonyl (C=O) groups excluding carboxylic acids is 4. The van der Waals surface area contributed by atoms with E-state index in [9.17, 15) is 24.0 Å². The van der Waals surface area contributed by atoms with E-state index in [1.54, 1.807) is 0 Å². The number of nitrogens with one attached hydrogen (secondary N) is 4. The second-order valence-corrected chi connectivity index (χ2v) is 6.06. The van der Waals surface area contributed by atoms with Crippen LogP contribution < -0.4 is 27.0 Å². The number of aliphatic carboxylic acids is 1. The van der Waals surface area contributed by atoms with E-state index in [0.717, 1.165) is 13.0 Å². The molecule has 4 amide bonds. The minimum atomic E-state index is -1.25. The summed E-state index contributed by atoms with van der Waals surface area (Å²) < 4.78 is 0. The quantitative estimate of drug-likeness (QED) is 0.240. The minimum absolute atomic E-state index is 0.0859. The maximum atomic E-state index is 12.2. The van der Waals surface area contributed by atoms with Gasteiger partial charge in [0.25, 0.3) is 0 Å². The van der Waals surface area contributed by atoms with Crippen molar-refractivity contribution in [2.75, 3.05) is 13.1 Å². The molecule has 3 atom stereocenters. The molecule has 0 aliphatic carbocycles. The Balaban J connectivity index is 2.60. The van der Waals surface area contributed by atoms with Gasteiger partial charge in [0.2, 0.25) is 23.6 Å². The Kier molecular flexibility index (Phi) is 8.49. The lowest BCUT2D eigenvalue weighted by atomic mass is 10.1. The van der Waals surface area contributed by atoms with Crippen LogP contribution in [0.15, 0.2) is 0 Å². The predicted molar refractivity (Wildman–Crippen MR) is 89.6 cm³/mol. The van der Waals surface area contributed by atoms with Crippen molar-refractivity contribution in [3.63, 3.8) is 0 Å². The Morgan fingerprint density at radius 2 is 1.88 bits per heavy atom. The highest BCUT2D eigenvalue weighted by molar-refractivity contribution is 5.93. The third kappa shape index (κ3) is 7.47. The van der Waals surface area contributed by atoms with Crippen LogP contribution in [0.5, 0.6) is 0 Å². The van der Waals surface area contributed by atoms with Gasteiger partial charge >= 0.3 is 5.97 Å². The van der Waals surface area contributed by atoms with Crippen molar-refractivity contribution in [3.8, 4) is 0 Å². The molecule has 0 radical (unpaired) electrons. The molecule has 1 heterocycles. The summed E-state index contributed by atoms with van der Waals surface area (Å²) >= 11 is 0. The van der Waals surface area contributed by atoms with Crippen molar-refractivity contribution in [3.05, 3.63) is 0 Å². The highest BCUT2D eigenvalue weighted by Crippen LogP contribution is 2.05. The fraction of sp³-hybridized carbons (Fsp3) is 0.667. The van der Waals surface area contributed by atoms with Crippen LogP contribution >= 0.6 is 0 Å². The third-order valence-electron chi connectivity index (χ3n) is 3.86. The molecule has 146 valence electrons. The predicted octanol–water partition coefficient (Wildman–Crippen LogP) is -2.81. The van der Waals surface area contributed by atoms with Crippen LogP contribution in [-0.2, 0) is 24.0 Å². The molecule has 11 heteroatoms. The van der Waals surface area contributed by atoms with E-state index in [-0.39, 0.29) is 24.8 Å². The lowest BCUT2D eigenvalue weighted by Gasteiger charge is -2.21. The molecule has 1 saturated heterocycles. The largest absolute Gasteiger partial charge is 0.480 e. The average Bonchev–Trinajstić information content (AvgIpc) is 3.10. The van der Waals surface area contributed by atoms with Gasteiger partial charge in [-0.05, 0) is 32.7 Å². The first kappa shape index (κ1) is 21.4. The second-order valence-electron chi connectivity index (χ2n) is 6.06. The van der Waals surface area contributed by atoms with Crippen molar-refractivity contribution < 1.29 is 29.1 Å². The van der Waals surface area contributed by atoms with Gasteiger partial charge in [-0.25, -0.2) is 0 Å². The number of carboxylic acid groups (broad SMARTS) is 1. The zero-order valence-electron chi connectivity index (χ0n) is 14.5. The number of hydrogen-bond acceptors (Lipinski definition) is 6. The van der Waals surface area contributed by atoms with Crippen molar-refractivity contribution in [1.29, 1.82) is 0 Å². The first-order chi connectivity index (χ1) is 12.2. The number of hydrogen-bond donors (Lipinski definition) is 6. The van der Waals surface area contributed by atoms with Crippen molar-refractivity contribution in [1.82, 2.24) is 21.3 Å². The zero-order valence-corrected chi connectivity index (χ0v) is 14.5. The number of amides is 4. The van der Waals surface area contributed by atoms with Gasteiger partial charge in [0.1, 0.15) is 18.6 Å². The molecule has 26 heavy (non-hydrogen) atoms. The van der Waals surface area contributed by atoms with Gasteiger partial charge < -0.3 is 32.1 Å². The van der Waals surface area contributed by atoms with Crippen LogP contribution in [0.2, 0.25) is 0 Å². The van der Waals surface area contributed by atoms with Gasteiger partial charge in [-0.2, -0.15) is 0 Å². The first-order valence-corrected chi connectivity index (χ1v) is 8.32. The summed E-state index contributed by atoms with van der Waals surface area (Å²) in [6.45, 7) is 1.57. The lowest BCUT2D eigenvalue weighted by molar-refractivity contribution is -0.138. The molecule has 0 aromatic carbocycles. The molecule has 1 rings (SSSR count). The summed E-state index contributed by atoms with van der Waals surface area (Å²) in [5, 5.41) is 18.7. The summed E-state index contributed by atoms with van der Waals surface area (Å²) in [4.78, 5) is 57.7. The normalized spacial score (nSPS) is 18.4. The standard InChI is InChI=1S/C15H25N5O6/c1-8(19-15(26)9-3-2-6-17-9)13(24)20-10(4-5-11(16)21)14(25)18-7-12(22)23/h8-10,17H,2-7H2,1H3,(H2,16,21)(H,18,25)(H,19,26)(H,20,24)(H,22,23). The molecule has 0 aromatic rings. The molecule has 11 nitrogen and oxygen atoms in total. The molecule has 7 N–H and O–H groups in total. The van der Waals surface area contributed by atoms with Crippen molar-refractivity contribution in [2.45, 2.75) is 50.7 Å². The average molecular weight is 371 g/mol. The topological polar surface area (TPSA) is 180 Å². The van der Waals surface area contributed by atoms with E-state index in [4.69, 9.17) is 10.8 Å². The number of nitrogens with two attached hydrogens (primary N) is 1. The Labute approximate surface area is 150 Å². The Morgan fingerprint density at radius 3 is 2.42 bits per heavy atom. The van der Waals surface area contributed by atoms with Gasteiger partial charge in [-0.15, -0.1) is 0 Å². The SMILES string of the molecule is CC(NC(=O)C1CCCN1)C(=O)NC(CCC(N)=O)C(=O)NCC(=O)O. The molecule has 1 aliphatic rings. The lowest BCUT2D eigenvalue weighted by Crippen LogP contribution is -2.55. The van der Waals surface area contributed by atoms with Gasteiger partial charge in [0.15, 0.2) is 0 Å². The zero-order chi connectivity index (χ0) is 19.7. The van der Waals surface area contributed by atoms with E-state index in [1.807, 2.05) is 0 Å². The van der Waals surface area contributed by atoms with E-state index >= 15 is 0 Å². The fourth-order valence-corrected chi connectivity index (χ4v) is 2.43. The summed E-state index contributed by atoms with van der Waals surface area (Å²) in [5.74, 6) is -3.60. The number of carboxylic acids is 1. The van der Waals surface area contributed by atoms with Gasteiger partial charge in [-0.1, -0.05) is 0 Å². The Bertz CT molecular complexity index is 561. The smallest absolute Gasteiger partial charge is 0.322 e. The molecule has 1 aliphatic heterocycles. The molecule has 3 unspecified atom stereocenters. The number of carbonyl (C=O) groups is 5. The molecule has 0 spiro atoms. The molecule has 0 bridgehead atoms. The van der Waals surface area contributed by atoms with Gasteiger partial charge in [0, 0.05) is 6.42 Å². The molecule has 0 saturated carbocycles. The summed E-state index contributed by atoms with van der Waals surface area (Å²) in [5.41, 5.74) is 5.05. The number of rotatable bonds is 10.